The molecule has 0 aliphatic heterocycles. The standard InChI is InChI=1S/C12H19ClN2/c1-4-7-15(3)12-6-5-10(9(2)14)8-11(12)13/h5-6,8-9H,4,7,14H2,1-3H3/t9-/m0/s1. The maximum atomic E-state index is 6.21. The SMILES string of the molecule is CCCN(C)c1ccc([C@H](C)N)cc1Cl. The zero-order valence-corrected chi connectivity index (χ0v) is 10.4. The monoisotopic (exact) mass is 226 g/mol. The van der Waals surface area contributed by atoms with Crippen molar-refractivity contribution in [1.82, 2.24) is 0 Å². The molecule has 0 aliphatic rings. The second-order valence-electron chi connectivity index (χ2n) is 3.92. The molecular formula is C12H19ClN2. The third-order valence-corrected chi connectivity index (χ3v) is 2.77. The molecule has 1 rings (SSSR count). The molecule has 0 heterocycles. The molecule has 0 amide bonds. The van der Waals surface area contributed by atoms with Crippen LogP contribution < -0.4 is 10.6 Å². The molecule has 0 radical (unpaired) electrons. The van der Waals surface area contributed by atoms with Crippen LogP contribution in [0, 0.1) is 0 Å². The van der Waals surface area contributed by atoms with Crippen LogP contribution in [0.5, 0.6) is 0 Å². The molecule has 1 aromatic rings. The average molecular weight is 227 g/mol. The number of benzene rings is 1. The predicted octanol–water partition coefficient (Wildman–Crippen LogP) is 3.21. The lowest BCUT2D eigenvalue weighted by Gasteiger charge is -2.20. The number of anilines is 1. The van der Waals surface area contributed by atoms with E-state index in [1.54, 1.807) is 0 Å². The second kappa shape index (κ2) is 5.38. The lowest BCUT2D eigenvalue weighted by molar-refractivity contribution is 0.815. The van der Waals surface area contributed by atoms with E-state index in [-0.39, 0.29) is 6.04 Å². The van der Waals surface area contributed by atoms with Gasteiger partial charge in [0.25, 0.3) is 0 Å². The van der Waals surface area contributed by atoms with E-state index in [0.29, 0.717) is 0 Å². The van der Waals surface area contributed by atoms with Gasteiger partial charge >= 0.3 is 0 Å². The number of halogens is 1. The minimum atomic E-state index is 0.0352. The molecule has 0 unspecified atom stereocenters. The van der Waals surface area contributed by atoms with Crippen molar-refractivity contribution in [3.8, 4) is 0 Å². The first-order chi connectivity index (χ1) is 7.06. The maximum absolute atomic E-state index is 6.21. The smallest absolute Gasteiger partial charge is 0.0642 e. The summed E-state index contributed by atoms with van der Waals surface area (Å²) in [5, 5.41) is 0.778. The highest BCUT2D eigenvalue weighted by Crippen LogP contribution is 2.27. The molecular weight excluding hydrogens is 208 g/mol. The third-order valence-electron chi connectivity index (χ3n) is 2.47. The van der Waals surface area contributed by atoms with Crippen molar-refractivity contribution in [2.75, 3.05) is 18.5 Å². The Bertz CT molecular complexity index is 323. The van der Waals surface area contributed by atoms with Crippen LogP contribution in [-0.4, -0.2) is 13.6 Å². The summed E-state index contributed by atoms with van der Waals surface area (Å²) in [5.41, 5.74) is 7.94. The average Bonchev–Trinajstić information content (AvgIpc) is 2.17. The van der Waals surface area contributed by atoms with Gasteiger partial charge in [-0.2, -0.15) is 0 Å². The van der Waals surface area contributed by atoms with Crippen LogP contribution >= 0.6 is 11.6 Å². The van der Waals surface area contributed by atoms with Gasteiger partial charge in [-0.15, -0.1) is 0 Å². The van der Waals surface area contributed by atoms with Crippen molar-refractivity contribution in [1.29, 1.82) is 0 Å². The zero-order chi connectivity index (χ0) is 11.4. The number of nitrogens with zero attached hydrogens (tertiary/aromatic N) is 1. The first-order valence-electron chi connectivity index (χ1n) is 5.32. The van der Waals surface area contributed by atoms with E-state index >= 15 is 0 Å². The van der Waals surface area contributed by atoms with E-state index in [4.69, 9.17) is 17.3 Å². The summed E-state index contributed by atoms with van der Waals surface area (Å²) in [7, 11) is 2.05. The first-order valence-corrected chi connectivity index (χ1v) is 5.70. The van der Waals surface area contributed by atoms with Gasteiger partial charge in [-0.3, -0.25) is 0 Å². The third kappa shape index (κ3) is 3.11. The normalized spacial score (nSPS) is 12.6. The molecule has 0 bridgehead atoms. The molecule has 0 saturated carbocycles. The maximum Gasteiger partial charge on any atom is 0.0642 e. The molecule has 0 saturated heterocycles. The Balaban J connectivity index is 2.92. The summed E-state index contributed by atoms with van der Waals surface area (Å²) < 4.78 is 0. The summed E-state index contributed by atoms with van der Waals surface area (Å²) >= 11 is 6.21. The minimum absolute atomic E-state index is 0.0352. The molecule has 1 atom stereocenters. The van der Waals surface area contributed by atoms with Crippen molar-refractivity contribution < 1.29 is 0 Å². The van der Waals surface area contributed by atoms with Crippen LogP contribution in [0.4, 0.5) is 5.69 Å². The van der Waals surface area contributed by atoms with Crippen LogP contribution in [0.15, 0.2) is 18.2 Å². The molecule has 2 N–H and O–H groups in total. The predicted molar refractivity (Wildman–Crippen MR) is 67.6 cm³/mol. The fourth-order valence-corrected chi connectivity index (χ4v) is 1.91. The Kier molecular flexibility index (Phi) is 4.43. The van der Waals surface area contributed by atoms with Gasteiger partial charge in [-0.25, -0.2) is 0 Å². The molecule has 0 spiro atoms. The van der Waals surface area contributed by atoms with Crippen molar-refractivity contribution in [2.24, 2.45) is 5.73 Å². The van der Waals surface area contributed by atoms with Gasteiger partial charge in [0.15, 0.2) is 0 Å². The van der Waals surface area contributed by atoms with E-state index in [1.165, 1.54) is 0 Å². The van der Waals surface area contributed by atoms with E-state index < -0.39 is 0 Å². The molecule has 15 heavy (non-hydrogen) atoms. The van der Waals surface area contributed by atoms with Crippen LogP contribution in [0.2, 0.25) is 5.02 Å². The Hall–Kier alpha value is -0.730. The zero-order valence-electron chi connectivity index (χ0n) is 9.63. The van der Waals surface area contributed by atoms with Gasteiger partial charge in [0.2, 0.25) is 0 Å². The van der Waals surface area contributed by atoms with Crippen molar-refractivity contribution in [3.05, 3.63) is 28.8 Å². The van der Waals surface area contributed by atoms with Gasteiger partial charge in [0.05, 0.1) is 10.7 Å². The Morgan fingerprint density at radius 3 is 2.60 bits per heavy atom. The van der Waals surface area contributed by atoms with E-state index in [1.807, 2.05) is 25.1 Å². The fourth-order valence-electron chi connectivity index (χ4n) is 1.57. The summed E-state index contributed by atoms with van der Waals surface area (Å²) in [6, 6.07) is 6.07. The molecule has 0 aliphatic carbocycles. The Morgan fingerprint density at radius 2 is 2.13 bits per heavy atom. The van der Waals surface area contributed by atoms with E-state index in [9.17, 15) is 0 Å². The Labute approximate surface area is 97.0 Å². The topological polar surface area (TPSA) is 29.3 Å². The first kappa shape index (κ1) is 12.3. The lowest BCUT2D eigenvalue weighted by Crippen LogP contribution is -2.18. The molecule has 1 aromatic carbocycles. The van der Waals surface area contributed by atoms with Crippen LogP contribution in [0.1, 0.15) is 31.9 Å². The van der Waals surface area contributed by atoms with Crippen LogP contribution in [0.25, 0.3) is 0 Å². The van der Waals surface area contributed by atoms with Gasteiger partial charge in [-0.05, 0) is 31.0 Å². The van der Waals surface area contributed by atoms with Crippen molar-refractivity contribution in [2.45, 2.75) is 26.3 Å². The highest BCUT2D eigenvalue weighted by molar-refractivity contribution is 6.33. The molecule has 0 fully saturated rings. The molecule has 84 valence electrons. The fraction of sp³-hybridized carbons (Fsp3) is 0.500. The second-order valence-corrected chi connectivity index (χ2v) is 4.33. The van der Waals surface area contributed by atoms with E-state index in [0.717, 1.165) is 29.2 Å². The largest absolute Gasteiger partial charge is 0.373 e. The summed E-state index contributed by atoms with van der Waals surface area (Å²) in [6.45, 7) is 5.12. The molecule has 2 nitrogen and oxygen atoms in total. The van der Waals surface area contributed by atoms with Crippen molar-refractivity contribution in [3.63, 3.8) is 0 Å². The molecule has 3 heteroatoms. The lowest BCUT2D eigenvalue weighted by atomic mass is 10.1. The summed E-state index contributed by atoms with van der Waals surface area (Å²) in [4.78, 5) is 2.16. The summed E-state index contributed by atoms with van der Waals surface area (Å²) in [6.07, 6.45) is 1.11. The Morgan fingerprint density at radius 1 is 1.47 bits per heavy atom. The van der Waals surface area contributed by atoms with E-state index in [2.05, 4.69) is 18.9 Å². The van der Waals surface area contributed by atoms with Gasteiger partial charge < -0.3 is 10.6 Å². The van der Waals surface area contributed by atoms with Crippen LogP contribution in [0.3, 0.4) is 0 Å². The van der Waals surface area contributed by atoms with Crippen molar-refractivity contribution >= 4 is 17.3 Å². The number of hydrogen-bond donors (Lipinski definition) is 1. The van der Waals surface area contributed by atoms with Gasteiger partial charge in [0, 0.05) is 19.6 Å². The number of nitrogens with two attached hydrogens (primary N) is 1. The van der Waals surface area contributed by atoms with Crippen LogP contribution in [-0.2, 0) is 0 Å². The number of hydrogen-bond acceptors (Lipinski definition) is 2. The quantitative estimate of drug-likeness (QED) is 0.855. The molecule has 0 aromatic heterocycles. The number of rotatable bonds is 4. The minimum Gasteiger partial charge on any atom is -0.373 e. The van der Waals surface area contributed by atoms with Gasteiger partial charge in [0.1, 0.15) is 0 Å². The van der Waals surface area contributed by atoms with Gasteiger partial charge in [-0.1, -0.05) is 24.6 Å². The highest BCUT2D eigenvalue weighted by atomic mass is 35.5. The summed E-state index contributed by atoms with van der Waals surface area (Å²) in [5.74, 6) is 0. The highest BCUT2D eigenvalue weighted by Gasteiger charge is 2.07.